The zero-order valence-electron chi connectivity index (χ0n) is 15.9. The average molecular weight is 438 g/mol. The van der Waals surface area contributed by atoms with E-state index in [1.807, 2.05) is 47.9 Å². The average Bonchev–Trinajstić information content (AvgIpc) is 3.35. The van der Waals surface area contributed by atoms with Crippen molar-refractivity contribution in [2.45, 2.75) is 24.4 Å². The Morgan fingerprint density at radius 3 is 2.90 bits per heavy atom. The molecule has 0 unspecified atom stereocenters. The molecule has 0 bridgehead atoms. The number of fused-ring (bicyclic) bond motifs is 2. The van der Waals surface area contributed by atoms with E-state index in [9.17, 15) is 4.79 Å². The van der Waals surface area contributed by atoms with Crippen molar-refractivity contribution in [3.63, 3.8) is 0 Å². The second kappa shape index (κ2) is 7.62. The number of rotatable bonds is 5. The molecule has 0 aliphatic rings. The molecule has 0 saturated carbocycles. The highest BCUT2D eigenvalue weighted by Crippen LogP contribution is 2.31. The van der Waals surface area contributed by atoms with Crippen LogP contribution < -0.4 is 5.56 Å². The number of hydrogen-bond acceptors (Lipinski definition) is 6. The standard InChI is InChI=1S/C21H16ClN5O2S/c1-2-27-19(17-10-12-9-13(22)7-8-16(12)29-17)25-26-21(27)30-11-18-23-15-6-4-3-5-14(15)20(28)24-18/h3-10H,2,11H2,1H3,(H,23,24,28). The number of halogens is 1. The summed E-state index contributed by atoms with van der Waals surface area (Å²) in [5.74, 6) is 2.33. The minimum atomic E-state index is -0.144. The zero-order chi connectivity index (χ0) is 20.7. The molecule has 1 N–H and O–H groups in total. The number of H-pyrrole nitrogens is 1. The van der Waals surface area contributed by atoms with Crippen molar-refractivity contribution in [1.29, 1.82) is 0 Å². The van der Waals surface area contributed by atoms with Gasteiger partial charge in [-0.15, -0.1) is 10.2 Å². The number of aromatic amines is 1. The van der Waals surface area contributed by atoms with Crippen LogP contribution in [0.5, 0.6) is 0 Å². The molecule has 2 aromatic carbocycles. The molecular weight excluding hydrogens is 422 g/mol. The summed E-state index contributed by atoms with van der Waals surface area (Å²) in [6, 6.07) is 14.7. The summed E-state index contributed by atoms with van der Waals surface area (Å²) in [4.78, 5) is 19.7. The highest BCUT2D eigenvalue weighted by molar-refractivity contribution is 7.98. The Kier molecular flexibility index (Phi) is 4.80. The third-order valence-electron chi connectivity index (χ3n) is 4.73. The van der Waals surface area contributed by atoms with Crippen LogP contribution in [0.25, 0.3) is 33.5 Å². The van der Waals surface area contributed by atoms with Crippen LogP contribution in [-0.4, -0.2) is 24.7 Å². The molecule has 150 valence electrons. The van der Waals surface area contributed by atoms with Gasteiger partial charge in [0.1, 0.15) is 11.4 Å². The summed E-state index contributed by atoms with van der Waals surface area (Å²) in [6.45, 7) is 2.69. The number of para-hydroxylation sites is 1. The number of benzene rings is 2. The number of hydrogen-bond donors (Lipinski definition) is 1. The van der Waals surface area contributed by atoms with Gasteiger partial charge in [-0.25, -0.2) is 4.98 Å². The third-order valence-corrected chi connectivity index (χ3v) is 5.94. The van der Waals surface area contributed by atoms with Gasteiger partial charge in [0.2, 0.25) is 5.82 Å². The van der Waals surface area contributed by atoms with Gasteiger partial charge in [0.15, 0.2) is 10.9 Å². The van der Waals surface area contributed by atoms with Crippen molar-refractivity contribution in [3.8, 4) is 11.6 Å². The third kappa shape index (κ3) is 3.38. The topological polar surface area (TPSA) is 89.6 Å². The van der Waals surface area contributed by atoms with E-state index in [1.165, 1.54) is 11.8 Å². The van der Waals surface area contributed by atoms with Crippen LogP contribution in [0.1, 0.15) is 12.7 Å². The van der Waals surface area contributed by atoms with E-state index in [4.69, 9.17) is 16.0 Å². The van der Waals surface area contributed by atoms with Gasteiger partial charge in [-0.3, -0.25) is 9.36 Å². The predicted octanol–water partition coefficient (Wildman–Crippen LogP) is 4.89. The molecule has 0 radical (unpaired) electrons. The fourth-order valence-electron chi connectivity index (χ4n) is 3.32. The Balaban J connectivity index is 1.44. The minimum Gasteiger partial charge on any atom is -0.453 e. The van der Waals surface area contributed by atoms with Gasteiger partial charge in [-0.2, -0.15) is 0 Å². The van der Waals surface area contributed by atoms with Gasteiger partial charge in [0, 0.05) is 17.0 Å². The molecule has 0 atom stereocenters. The Labute approximate surface area is 180 Å². The van der Waals surface area contributed by atoms with E-state index in [2.05, 4.69) is 20.2 Å². The van der Waals surface area contributed by atoms with E-state index in [0.29, 0.717) is 45.6 Å². The number of nitrogens with one attached hydrogen (secondary N) is 1. The summed E-state index contributed by atoms with van der Waals surface area (Å²) < 4.78 is 7.92. The van der Waals surface area contributed by atoms with Crippen LogP contribution in [0.3, 0.4) is 0 Å². The Bertz CT molecular complexity index is 1440. The second-order valence-electron chi connectivity index (χ2n) is 6.66. The summed E-state index contributed by atoms with van der Waals surface area (Å²) in [5.41, 5.74) is 1.28. The molecule has 30 heavy (non-hydrogen) atoms. The molecule has 0 amide bonds. The Morgan fingerprint density at radius 2 is 2.03 bits per heavy atom. The lowest BCUT2D eigenvalue weighted by Crippen LogP contribution is -2.11. The minimum absolute atomic E-state index is 0.144. The fraction of sp³-hybridized carbons (Fsp3) is 0.143. The molecule has 7 nitrogen and oxygen atoms in total. The van der Waals surface area contributed by atoms with Gasteiger partial charge in [0.05, 0.1) is 16.7 Å². The molecule has 0 spiro atoms. The lowest BCUT2D eigenvalue weighted by atomic mass is 10.2. The predicted molar refractivity (Wildman–Crippen MR) is 118 cm³/mol. The maximum atomic E-state index is 12.3. The van der Waals surface area contributed by atoms with Crippen molar-refractivity contribution >= 4 is 45.2 Å². The molecule has 5 rings (SSSR count). The molecule has 5 aromatic rings. The molecule has 3 aromatic heterocycles. The van der Waals surface area contributed by atoms with Gasteiger partial charge in [0.25, 0.3) is 5.56 Å². The van der Waals surface area contributed by atoms with Crippen molar-refractivity contribution in [3.05, 3.63) is 69.7 Å². The van der Waals surface area contributed by atoms with Crippen LogP contribution in [0.2, 0.25) is 5.02 Å². The largest absolute Gasteiger partial charge is 0.453 e. The molecule has 0 aliphatic heterocycles. The van der Waals surface area contributed by atoms with Crippen LogP contribution in [0.4, 0.5) is 0 Å². The van der Waals surface area contributed by atoms with E-state index in [0.717, 1.165) is 16.1 Å². The summed E-state index contributed by atoms with van der Waals surface area (Å²) in [5, 5.41) is 11.5. The van der Waals surface area contributed by atoms with Crippen molar-refractivity contribution in [2.24, 2.45) is 0 Å². The number of thioether (sulfide) groups is 1. The Hall–Kier alpha value is -3.10. The normalized spacial score (nSPS) is 11.5. The molecular formula is C21H16ClN5O2S. The van der Waals surface area contributed by atoms with E-state index >= 15 is 0 Å². The lowest BCUT2D eigenvalue weighted by molar-refractivity contribution is 0.607. The van der Waals surface area contributed by atoms with Crippen LogP contribution in [0.15, 0.2) is 62.9 Å². The summed E-state index contributed by atoms with van der Waals surface area (Å²) in [7, 11) is 0. The van der Waals surface area contributed by atoms with Gasteiger partial charge < -0.3 is 9.40 Å². The first-order valence-corrected chi connectivity index (χ1v) is 10.7. The fourth-order valence-corrected chi connectivity index (χ4v) is 4.38. The van der Waals surface area contributed by atoms with Crippen LogP contribution in [0, 0.1) is 0 Å². The first kappa shape index (κ1) is 18.9. The molecule has 3 heterocycles. The number of nitrogens with zero attached hydrogens (tertiary/aromatic N) is 4. The second-order valence-corrected chi connectivity index (χ2v) is 8.04. The monoisotopic (exact) mass is 437 g/mol. The molecule has 0 saturated heterocycles. The van der Waals surface area contributed by atoms with Crippen molar-refractivity contribution in [2.75, 3.05) is 0 Å². The van der Waals surface area contributed by atoms with Crippen molar-refractivity contribution < 1.29 is 4.42 Å². The van der Waals surface area contributed by atoms with Gasteiger partial charge in [-0.05, 0) is 43.3 Å². The SMILES string of the molecule is CCn1c(SCc2nc3ccccc3c(=O)[nH]2)nnc1-c1cc2cc(Cl)ccc2o1. The number of furan rings is 1. The molecule has 0 fully saturated rings. The highest BCUT2D eigenvalue weighted by atomic mass is 35.5. The quantitative estimate of drug-likeness (QED) is 0.393. The molecule has 0 aliphatic carbocycles. The first-order valence-electron chi connectivity index (χ1n) is 9.36. The maximum absolute atomic E-state index is 12.3. The van der Waals surface area contributed by atoms with Crippen LogP contribution >= 0.6 is 23.4 Å². The summed E-state index contributed by atoms with van der Waals surface area (Å²) >= 11 is 7.53. The summed E-state index contributed by atoms with van der Waals surface area (Å²) in [6.07, 6.45) is 0. The van der Waals surface area contributed by atoms with Crippen molar-refractivity contribution in [1.82, 2.24) is 24.7 Å². The lowest BCUT2D eigenvalue weighted by Gasteiger charge is -2.06. The van der Waals surface area contributed by atoms with Gasteiger partial charge in [-0.1, -0.05) is 35.5 Å². The Morgan fingerprint density at radius 1 is 1.17 bits per heavy atom. The maximum Gasteiger partial charge on any atom is 0.258 e. The first-order chi connectivity index (χ1) is 14.6. The number of aromatic nitrogens is 5. The van der Waals surface area contributed by atoms with E-state index in [1.54, 1.807) is 12.1 Å². The van der Waals surface area contributed by atoms with Gasteiger partial charge >= 0.3 is 0 Å². The van der Waals surface area contributed by atoms with Crippen LogP contribution in [-0.2, 0) is 12.3 Å². The zero-order valence-corrected chi connectivity index (χ0v) is 17.5. The molecule has 9 heteroatoms. The van der Waals surface area contributed by atoms with E-state index < -0.39 is 0 Å². The highest BCUT2D eigenvalue weighted by Gasteiger charge is 2.17. The van der Waals surface area contributed by atoms with E-state index in [-0.39, 0.29) is 5.56 Å². The smallest absolute Gasteiger partial charge is 0.258 e.